The van der Waals surface area contributed by atoms with Crippen molar-refractivity contribution >= 4 is 33.2 Å². The monoisotopic (exact) mass is 201 g/mol. The highest BCUT2D eigenvalue weighted by Crippen LogP contribution is 2.23. The molecule has 0 aliphatic carbocycles. The number of fused-ring (bicyclic) bond motifs is 1. The molecule has 0 bridgehead atoms. The first-order valence-electron chi connectivity index (χ1n) is 3.40. The van der Waals surface area contributed by atoms with Crippen LogP contribution in [0.15, 0.2) is 18.2 Å². The minimum Gasteiger partial charge on any atom is -0.240 e. The van der Waals surface area contributed by atoms with Crippen LogP contribution in [0.1, 0.15) is 5.01 Å². The number of hydrogen-bond acceptors (Lipinski definition) is 2. The Morgan fingerprint density at radius 2 is 2.33 bits per heavy atom. The number of nitrogens with zero attached hydrogens (tertiary/aromatic N) is 1. The van der Waals surface area contributed by atoms with Gasteiger partial charge in [-0.15, -0.1) is 22.9 Å². The highest BCUT2D eigenvalue weighted by molar-refractivity contribution is 7.18. The van der Waals surface area contributed by atoms with E-state index < -0.39 is 0 Å². The van der Waals surface area contributed by atoms with Gasteiger partial charge in [-0.25, -0.2) is 9.37 Å². The van der Waals surface area contributed by atoms with Crippen molar-refractivity contribution in [3.8, 4) is 0 Å². The zero-order valence-electron chi connectivity index (χ0n) is 6.05. The minimum absolute atomic E-state index is 0.229. The number of thiazole rings is 1. The Hall–Kier alpha value is -0.670. The number of aromatic nitrogens is 1. The van der Waals surface area contributed by atoms with E-state index >= 15 is 0 Å². The van der Waals surface area contributed by atoms with Crippen molar-refractivity contribution in [3.05, 3.63) is 29.0 Å². The number of benzene rings is 1. The quantitative estimate of drug-likeness (QED) is 0.646. The highest BCUT2D eigenvalue weighted by Gasteiger charge is 2.02. The smallest absolute Gasteiger partial charge is 0.124 e. The van der Waals surface area contributed by atoms with Gasteiger partial charge >= 0.3 is 0 Å². The first-order valence-corrected chi connectivity index (χ1v) is 4.75. The third kappa shape index (κ3) is 1.30. The molecule has 1 aromatic heterocycles. The van der Waals surface area contributed by atoms with E-state index in [0.717, 1.165) is 15.2 Å². The molecular weight excluding hydrogens is 197 g/mol. The molecule has 0 amide bonds. The molecular formula is C8H5ClFNS. The average molecular weight is 202 g/mol. The van der Waals surface area contributed by atoms with E-state index in [9.17, 15) is 4.39 Å². The fraction of sp³-hybridized carbons (Fsp3) is 0.125. The van der Waals surface area contributed by atoms with Crippen LogP contribution in [-0.2, 0) is 5.88 Å². The van der Waals surface area contributed by atoms with E-state index in [-0.39, 0.29) is 5.82 Å². The third-order valence-corrected chi connectivity index (χ3v) is 2.94. The van der Waals surface area contributed by atoms with Gasteiger partial charge in [0, 0.05) is 0 Å². The van der Waals surface area contributed by atoms with Gasteiger partial charge in [0.25, 0.3) is 0 Å². The summed E-state index contributed by atoms with van der Waals surface area (Å²) in [6.45, 7) is 0. The second kappa shape index (κ2) is 2.99. The Kier molecular flexibility index (Phi) is 1.98. The Balaban J connectivity index is 2.67. The summed E-state index contributed by atoms with van der Waals surface area (Å²) in [7, 11) is 0. The molecule has 0 N–H and O–H groups in total. The van der Waals surface area contributed by atoms with E-state index in [4.69, 9.17) is 11.6 Å². The van der Waals surface area contributed by atoms with Gasteiger partial charge < -0.3 is 0 Å². The number of alkyl halides is 1. The van der Waals surface area contributed by atoms with Gasteiger partial charge in [-0.05, 0) is 18.2 Å². The molecule has 0 radical (unpaired) electrons. The van der Waals surface area contributed by atoms with Crippen LogP contribution in [0.5, 0.6) is 0 Å². The summed E-state index contributed by atoms with van der Waals surface area (Å²) in [6.07, 6.45) is 0. The van der Waals surface area contributed by atoms with E-state index in [1.165, 1.54) is 23.5 Å². The summed E-state index contributed by atoms with van der Waals surface area (Å²) >= 11 is 7.02. The Morgan fingerprint density at radius 3 is 3.08 bits per heavy atom. The van der Waals surface area contributed by atoms with Crippen molar-refractivity contribution in [1.82, 2.24) is 4.98 Å². The average Bonchev–Trinajstić information content (AvgIpc) is 2.46. The van der Waals surface area contributed by atoms with Gasteiger partial charge in [0.2, 0.25) is 0 Å². The topological polar surface area (TPSA) is 12.9 Å². The van der Waals surface area contributed by atoms with Crippen molar-refractivity contribution in [3.63, 3.8) is 0 Å². The molecule has 12 heavy (non-hydrogen) atoms. The first kappa shape index (κ1) is 7.95. The molecule has 1 aromatic carbocycles. The maximum Gasteiger partial charge on any atom is 0.124 e. The Morgan fingerprint density at radius 1 is 1.50 bits per heavy atom. The summed E-state index contributed by atoms with van der Waals surface area (Å²) < 4.78 is 13.5. The van der Waals surface area contributed by atoms with Crippen LogP contribution in [0.25, 0.3) is 10.2 Å². The van der Waals surface area contributed by atoms with Crippen molar-refractivity contribution in [2.75, 3.05) is 0 Å². The summed E-state index contributed by atoms with van der Waals surface area (Å²) in [6, 6.07) is 4.54. The minimum atomic E-state index is -0.229. The second-order valence-electron chi connectivity index (χ2n) is 2.35. The molecule has 2 aromatic rings. The number of halogens is 2. The first-order chi connectivity index (χ1) is 5.79. The lowest BCUT2D eigenvalue weighted by Crippen LogP contribution is -1.73. The molecule has 4 heteroatoms. The van der Waals surface area contributed by atoms with E-state index in [2.05, 4.69) is 4.98 Å². The van der Waals surface area contributed by atoms with Crippen molar-refractivity contribution < 1.29 is 4.39 Å². The highest BCUT2D eigenvalue weighted by atomic mass is 35.5. The van der Waals surface area contributed by atoms with Crippen LogP contribution in [-0.4, -0.2) is 4.98 Å². The summed E-state index contributed by atoms with van der Waals surface area (Å²) in [5.41, 5.74) is 0.817. The van der Waals surface area contributed by atoms with E-state index in [1.807, 2.05) is 0 Å². The molecule has 0 saturated heterocycles. The normalized spacial score (nSPS) is 10.8. The maximum absolute atomic E-state index is 12.7. The summed E-state index contributed by atoms with van der Waals surface area (Å²) in [5, 5.41) is 0.831. The zero-order valence-corrected chi connectivity index (χ0v) is 7.62. The molecule has 0 spiro atoms. The second-order valence-corrected chi connectivity index (χ2v) is 3.74. The predicted octanol–water partition coefficient (Wildman–Crippen LogP) is 3.17. The fourth-order valence-electron chi connectivity index (χ4n) is 1.00. The Labute approximate surface area is 77.8 Å². The van der Waals surface area contributed by atoms with Gasteiger partial charge in [-0.1, -0.05) is 0 Å². The molecule has 0 aliphatic rings. The van der Waals surface area contributed by atoms with Crippen LogP contribution < -0.4 is 0 Å². The van der Waals surface area contributed by atoms with E-state index in [1.54, 1.807) is 6.07 Å². The molecule has 0 aliphatic heterocycles. The predicted molar refractivity (Wildman–Crippen MR) is 49.1 cm³/mol. The maximum atomic E-state index is 12.7. The van der Waals surface area contributed by atoms with Crippen molar-refractivity contribution in [2.24, 2.45) is 0 Å². The lowest BCUT2D eigenvalue weighted by atomic mass is 10.3. The van der Waals surface area contributed by atoms with Crippen molar-refractivity contribution in [2.45, 2.75) is 5.88 Å². The van der Waals surface area contributed by atoms with Gasteiger partial charge in [0.15, 0.2) is 0 Å². The molecule has 0 saturated carbocycles. The molecule has 1 heterocycles. The van der Waals surface area contributed by atoms with Crippen LogP contribution in [0.2, 0.25) is 0 Å². The third-order valence-electron chi connectivity index (χ3n) is 1.51. The fourth-order valence-corrected chi connectivity index (χ4v) is 2.07. The standard InChI is InChI=1S/C8H5ClFNS/c9-4-8-11-6-2-1-5(10)3-7(6)12-8/h1-3H,4H2. The van der Waals surface area contributed by atoms with Gasteiger partial charge in [0.1, 0.15) is 10.8 Å². The van der Waals surface area contributed by atoms with Gasteiger partial charge in [-0.2, -0.15) is 0 Å². The van der Waals surface area contributed by atoms with Gasteiger partial charge in [-0.3, -0.25) is 0 Å². The zero-order chi connectivity index (χ0) is 8.55. The van der Waals surface area contributed by atoms with Crippen LogP contribution in [0, 0.1) is 5.82 Å². The summed E-state index contributed by atoms with van der Waals surface area (Å²) in [5.74, 6) is 0.160. The number of hydrogen-bond donors (Lipinski definition) is 0. The summed E-state index contributed by atoms with van der Waals surface area (Å²) in [4.78, 5) is 4.19. The molecule has 0 fully saturated rings. The van der Waals surface area contributed by atoms with E-state index in [0.29, 0.717) is 5.88 Å². The number of rotatable bonds is 1. The molecule has 0 unspecified atom stereocenters. The van der Waals surface area contributed by atoms with Crippen molar-refractivity contribution in [1.29, 1.82) is 0 Å². The lowest BCUT2D eigenvalue weighted by molar-refractivity contribution is 0.630. The molecule has 1 nitrogen and oxygen atoms in total. The van der Waals surface area contributed by atoms with Crippen LogP contribution >= 0.6 is 22.9 Å². The molecule has 2 rings (SSSR count). The molecule has 62 valence electrons. The largest absolute Gasteiger partial charge is 0.240 e. The lowest BCUT2D eigenvalue weighted by Gasteiger charge is -1.85. The van der Waals surface area contributed by atoms with Crippen LogP contribution in [0.4, 0.5) is 4.39 Å². The van der Waals surface area contributed by atoms with Gasteiger partial charge in [0.05, 0.1) is 16.1 Å². The molecule has 0 atom stereocenters. The SMILES string of the molecule is Fc1ccc2nc(CCl)sc2c1. The van der Waals surface area contributed by atoms with Crippen LogP contribution in [0.3, 0.4) is 0 Å². The Bertz CT molecular complexity index is 412.